The Morgan fingerprint density at radius 1 is 1.37 bits per heavy atom. The number of amides is 1. The molecule has 3 aromatic heterocycles. The van der Waals surface area contributed by atoms with Crippen molar-refractivity contribution in [1.82, 2.24) is 30.2 Å². The fourth-order valence-electron chi connectivity index (χ4n) is 3.44. The fourth-order valence-corrected chi connectivity index (χ4v) is 3.44. The summed E-state index contributed by atoms with van der Waals surface area (Å²) in [6.45, 7) is 4.72. The molecule has 1 atom stereocenters. The Hall–Kier alpha value is -3.03. The highest BCUT2D eigenvalue weighted by atomic mass is 16.5. The van der Waals surface area contributed by atoms with Crippen molar-refractivity contribution >= 4 is 5.91 Å². The van der Waals surface area contributed by atoms with Gasteiger partial charge in [0.15, 0.2) is 0 Å². The van der Waals surface area contributed by atoms with Crippen LogP contribution < -0.4 is 0 Å². The SMILES string of the molecule is Cc1[nH]nc(CCC(=O)N2CCC[C@H]2c2nc(-c3ccccn3)no2)c1C. The first-order valence-corrected chi connectivity index (χ1v) is 9.18. The monoisotopic (exact) mass is 366 g/mol. The van der Waals surface area contributed by atoms with Crippen LogP contribution in [0.2, 0.25) is 0 Å². The molecule has 4 heterocycles. The summed E-state index contributed by atoms with van der Waals surface area (Å²) in [5.41, 5.74) is 3.78. The number of likely N-dealkylation sites (tertiary alicyclic amines) is 1. The lowest BCUT2D eigenvalue weighted by molar-refractivity contribution is -0.132. The van der Waals surface area contributed by atoms with E-state index in [0.29, 0.717) is 36.8 Å². The molecule has 0 saturated carbocycles. The molecule has 0 aliphatic carbocycles. The zero-order valence-electron chi connectivity index (χ0n) is 15.5. The van der Waals surface area contributed by atoms with Gasteiger partial charge in [0.2, 0.25) is 17.6 Å². The summed E-state index contributed by atoms with van der Waals surface area (Å²) in [5, 5.41) is 11.3. The number of carbonyl (C=O) groups excluding carboxylic acids is 1. The lowest BCUT2D eigenvalue weighted by Crippen LogP contribution is -2.31. The fraction of sp³-hybridized carbons (Fsp3) is 0.421. The second-order valence-electron chi connectivity index (χ2n) is 6.84. The van der Waals surface area contributed by atoms with E-state index in [1.165, 1.54) is 0 Å². The standard InChI is InChI=1S/C19H22N6O2/c1-12-13(2)22-23-14(12)8-9-17(26)25-11-5-7-16(25)19-21-18(24-27-19)15-6-3-4-10-20-15/h3-4,6,10,16H,5,7-9,11H2,1-2H3,(H,22,23)/t16-/m0/s1. The number of aromatic amines is 1. The van der Waals surface area contributed by atoms with Gasteiger partial charge in [-0.3, -0.25) is 14.9 Å². The second kappa shape index (κ2) is 7.30. The Morgan fingerprint density at radius 2 is 2.26 bits per heavy atom. The number of hydrogen-bond donors (Lipinski definition) is 1. The van der Waals surface area contributed by atoms with Crippen LogP contribution in [0, 0.1) is 13.8 Å². The van der Waals surface area contributed by atoms with Gasteiger partial charge in [0.25, 0.3) is 0 Å². The maximum atomic E-state index is 12.8. The van der Waals surface area contributed by atoms with Crippen molar-refractivity contribution in [3.05, 3.63) is 47.2 Å². The van der Waals surface area contributed by atoms with Gasteiger partial charge in [-0.25, -0.2) is 0 Å². The molecule has 1 aliphatic rings. The predicted octanol–water partition coefficient (Wildman–Crippen LogP) is 2.77. The van der Waals surface area contributed by atoms with Crippen LogP contribution >= 0.6 is 0 Å². The molecule has 27 heavy (non-hydrogen) atoms. The minimum Gasteiger partial charge on any atom is -0.337 e. The average molecular weight is 366 g/mol. The van der Waals surface area contributed by atoms with Crippen LogP contribution in [0.3, 0.4) is 0 Å². The summed E-state index contributed by atoms with van der Waals surface area (Å²) in [7, 11) is 0. The number of carbonyl (C=O) groups is 1. The third-order valence-corrected chi connectivity index (χ3v) is 5.12. The molecular formula is C19H22N6O2. The van der Waals surface area contributed by atoms with Gasteiger partial charge in [0, 0.05) is 31.3 Å². The van der Waals surface area contributed by atoms with Gasteiger partial charge >= 0.3 is 0 Å². The summed E-state index contributed by atoms with van der Waals surface area (Å²) in [6, 6.07) is 5.39. The van der Waals surface area contributed by atoms with Gasteiger partial charge in [-0.15, -0.1) is 0 Å². The van der Waals surface area contributed by atoms with Crippen molar-refractivity contribution in [2.24, 2.45) is 0 Å². The summed E-state index contributed by atoms with van der Waals surface area (Å²) in [6.07, 6.45) is 4.49. The number of aryl methyl sites for hydroxylation is 2. The molecule has 0 bridgehead atoms. The number of nitrogens with zero attached hydrogens (tertiary/aromatic N) is 5. The molecule has 1 saturated heterocycles. The summed E-state index contributed by atoms with van der Waals surface area (Å²) in [5.74, 6) is 1.02. The first-order valence-electron chi connectivity index (χ1n) is 9.18. The highest BCUT2D eigenvalue weighted by Gasteiger charge is 2.34. The third-order valence-electron chi connectivity index (χ3n) is 5.12. The zero-order valence-corrected chi connectivity index (χ0v) is 15.5. The molecule has 0 unspecified atom stereocenters. The summed E-state index contributed by atoms with van der Waals surface area (Å²) in [4.78, 5) is 23.4. The summed E-state index contributed by atoms with van der Waals surface area (Å²) >= 11 is 0. The Morgan fingerprint density at radius 3 is 3.00 bits per heavy atom. The minimum absolute atomic E-state index is 0.0927. The van der Waals surface area contributed by atoms with Crippen LogP contribution in [0.15, 0.2) is 28.9 Å². The van der Waals surface area contributed by atoms with Crippen LogP contribution in [0.25, 0.3) is 11.5 Å². The van der Waals surface area contributed by atoms with E-state index >= 15 is 0 Å². The Kier molecular flexibility index (Phi) is 4.70. The van der Waals surface area contributed by atoms with Gasteiger partial charge in [0.05, 0.1) is 5.69 Å². The maximum absolute atomic E-state index is 12.8. The molecule has 1 N–H and O–H groups in total. The molecule has 140 valence electrons. The Balaban J connectivity index is 1.45. The number of aromatic nitrogens is 5. The lowest BCUT2D eigenvalue weighted by Gasteiger charge is -2.21. The number of nitrogens with one attached hydrogen (secondary N) is 1. The number of pyridine rings is 1. The van der Waals surface area contributed by atoms with Crippen LogP contribution in [-0.2, 0) is 11.2 Å². The van der Waals surface area contributed by atoms with Crippen molar-refractivity contribution in [3.63, 3.8) is 0 Å². The molecule has 4 rings (SSSR count). The lowest BCUT2D eigenvalue weighted by atomic mass is 10.1. The Bertz CT molecular complexity index is 933. The first-order chi connectivity index (χ1) is 13.1. The second-order valence-corrected chi connectivity index (χ2v) is 6.84. The van der Waals surface area contributed by atoms with Crippen molar-refractivity contribution in [2.45, 2.75) is 45.6 Å². The maximum Gasteiger partial charge on any atom is 0.249 e. The van der Waals surface area contributed by atoms with Gasteiger partial charge in [-0.1, -0.05) is 11.2 Å². The predicted molar refractivity (Wildman–Crippen MR) is 97.6 cm³/mol. The van der Waals surface area contributed by atoms with Crippen molar-refractivity contribution in [1.29, 1.82) is 0 Å². The molecular weight excluding hydrogens is 344 g/mol. The number of hydrogen-bond acceptors (Lipinski definition) is 6. The van der Waals surface area contributed by atoms with Gasteiger partial charge < -0.3 is 9.42 Å². The van der Waals surface area contributed by atoms with Crippen LogP contribution in [0.5, 0.6) is 0 Å². The quantitative estimate of drug-likeness (QED) is 0.745. The van der Waals surface area contributed by atoms with Crippen LogP contribution in [0.1, 0.15) is 48.1 Å². The molecule has 0 spiro atoms. The molecule has 8 nitrogen and oxygen atoms in total. The van der Waals surface area contributed by atoms with Crippen molar-refractivity contribution in [2.75, 3.05) is 6.54 Å². The van der Waals surface area contributed by atoms with Crippen molar-refractivity contribution < 1.29 is 9.32 Å². The average Bonchev–Trinajstić information content (AvgIpc) is 3.42. The zero-order chi connectivity index (χ0) is 18.8. The van der Waals surface area contributed by atoms with Gasteiger partial charge in [-0.2, -0.15) is 10.1 Å². The molecule has 8 heteroatoms. The van der Waals surface area contributed by atoms with Crippen LogP contribution in [-0.4, -0.2) is 42.7 Å². The normalized spacial score (nSPS) is 16.8. The van der Waals surface area contributed by atoms with E-state index in [0.717, 1.165) is 29.8 Å². The molecule has 1 amide bonds. The minimum atomic E-state index is -0.163. The van der Waals surface area contributed by atoms with E-state index in [1.54, 1.807) is 6.20 Å². The molecule has 1 aliphatic heterocycles. The molecule has 3 aromatic rings. The third kappa shape index (κ3) is 3.47. The summed E-state index contributed by atoms with van der Waals surface area (Å²) < 4.78 is 5.46. The largest absolute Gasteiger partial charge is 0.337 e. The van der Waals surface area contributed by atoms with E-state index in [4.69, 9.17) is 4.52 Å². The van der Waals surface area contributed by atoms with Gasteiger partial charge in [-0.05, 0) is 44.4 Å². The van der Waals surface area contributed by atoms with E-state index in [2.05, 4.69) is 25.3 Å². The topological polar surface area (TPSA) is 101 Å². The smallest absolute Gasteiger partial charge is 0.249 e. The number of rotatable bonds is 5. The number of H-pyrrole nitrogens is 1. The molecule has 0 radical (unpaired) electrons. The van der Waals surface area contributed by atoms with E-state index < -0.39 is 0 Å². The molecule has 1 fully saturated rings. The van der Waals surface area contributed by atoms with E-state index in [1.807, 2.05) is 36.9 Å². The highest BCUT2D eigenvalue weighted by Crippen LogP contribution is 2.32. The van der Waals surface area contributed by atoms with E-state index in [-0.39, 0.29) is 11.9 Å². The Labute approximate surface area is 157 Å². The van der Waals surface area contributed by atoms with Crippen molar-refractivity contribution in [3.8, 4) is 11.5 Å². The first kappa shape index (κ1) is 17.4. The van der Waals surface area contributed by atoms with Gasteiger partial charge in [0.1, 0.15) is 11.7 Å². The van der Waals surface area contributed by atoms with E-state index in [9.17, 15) is 4.79 Å². The molecule has 0 aromatic carbocycles. The highest BCUT2D eigenvalue weighted by molar-refractivity contribution is 5.77. The van der Waals surface area contributed by atoms with Crippen LogP contribution in [0.4, 0.5) is 0 Å².